The van der Waals surface area contributed by atoms with Gasteiger partial charge in [0.05, 0.1) is 6.54 Å². The largest absolute Gasteiger partial charge is 0.479 e. The van der Waals surface area contributed by atoms with E-state index in [4.69, 9.17) is 9.47 Å². The average molecular weight is 521 g/mol. The Morgan fingerprint density at radius 2 is 1.63 bits per heavy atom. The Labute approximate surface area is 223 Å². The number of rotatable bonds is 6. The third-order valence-electron chi connectivity index (χ3n) is 7.73. The first-order valence-electron chi connectivity index (χ1n) is 13.4. The molecule has 2 aliphatic carbocycles. The van der Waals surface area contributed by atoms with Gasteiger partial charge in [0.1, 0.15) is 12.2 Å². The van der Waals surface area contributed by atoms with Crippen molar-refractivity contribution in [3.8, 4) is 11.1 Å². The number of fused-ring (bicyclic) bond motifs is 3. The molecule has 0 radical (unpaired) electrons. The Balaban J connectivity index is 1.38. The summed E-state index contributed by atoms with van der Waals surface area (Å²) in [5.41, 5.74) is 2.16. The van der Waals surface area contributed by atoms with Crippen LogP contribution >= 0.6 is 0 Å². The number of carbonyl (C=O) groups excluding carboxylic acids is 2. The van der Waals surface area contributed by atoms with Gasteiger partial charge in [0, 0.05) is 19.0 Å². The molecule has 8 nitrogen and oxygen atoms in total. The van der Waals surface area contributed by atoms with E-state index < -0.39 is 29.3 Å². The third kappa shape index (κ3) is 5.08. The van der Waals surface area contributed by atoms with Gasteiger partial charge in [0.2, 0.25) is 0 Å². The number of hydrogen-bond acceptors (Lipinski definition) is 5. The summed E-state index contributed by atoms with van der Waals surface area (Å²) < 4.78 is 11.4. The van der Waals surface area contributed by atoms with Crippen LogP contribution < -0.4 is 0 Å². The minimum Gasteiger partial charge on any atom is -0.479 e. The lowest BCUT2D eigenvalue weighted by atomic mass is 9.87. The maximum Gasteiger partial charge on any atom is 0.410 e. The molecule has 3 aliphatic rings. The van der Waals surface area contributed by atoms with E-state index in [1.54, 1.807) is 20.8 Å². The van der Waals surface area contributed by atoms with Crippen LogP contribution in [0, 0.1) is 5.92 Å². The van der Waals surface area contributed by atoms with Gasteiger partial charge in [0.25, 0.3) is 0 Å². The minimum absolute atomic E-state index is 0.111. The molecular weight excluding hydrogens is 484 g/mol. The molecule has 0 aromatic heterocycles. The van der Waals surface area contributed by atoms with Gasteiger partial charge in [0.15, 0.2) is 5.54 Å². The fourth-order valence-electron chi connectivity index (χ4n) is 5.68. The standard InChI is InChI=1S/C30H36N2O6/c1-29(2,3)38-27(35)31-16-8-15-30(19-31,26(33)34)32(17-20-13-14-20)28(36)37-18-25-23-11-6-4-9-21(23)22-10-5-7-12-24(22)25/h4-7,9-12,20,25H,8,13-19H2,1-3H3,(H,33,34). The maximum atomic E-state index is 13.7. The highest BCUT2D eigenvalue weighted by Gasteiger charge is 2.52. The van der Waals surface area contributed by atoms with E-state index in [9.17, 15) is 19.5 Å². The van der Waals surface area contributed by atoms with Crippen molar-refractivity contribution in [1.82, 2.24) is 9.80 Å². The van der Waals surface area contributed by atoms with Gasteiger partial charge in [-0.15, -0.1) is 0 Å². The molecule has 1 saturated heterocycles. The molecule has 38 heavy (non-hydrogen) atoms. The Kier molecular flexibility index (Phi) is 6.84. The normalized spacial score (nSPS) is 20.9. The zero-order valence-corrected chi connectivity index (χ0v) is 22.3. The monoisotopic (exact) mass is 520 g/mol. The number of ether oxygens (including phenoxy) is 2. The number of amides is 2. The summed E-state index contributed by atoms with van der Waals surface area (Å²) in [7, 11) is 0. The van der Waals surface area contributed by atoms with Crippen molar-refractivity contribution in [2.75, 3.05) is 26.2 Å². The molecule has 2 amide bonds. The highest BCUT2D eigenvalue weighted by molar-refractivity contribution is 5.86. The lowest BCUT2D eigenvalue weighted by Crippen LogP contribution is -2.66. The van der Waals surface area contributed by atoms with Crippen molar-refractivity contribution in [2.45, 2.75) is 63.5 Å². The van der Waals surface area contributed by atoms with E-state index in [1.807, 2.05) is 36.4 Å². The number of carboxylic acids is 1. The van der Waals surface area contributed by atoms with Gasteiger partial charge in [-0.05, 0) is 74.6 Å². The van der Waals surface area contributed by atoms with Crippen LogP contribution in [-0.2, 0) is 14.3 Å². The van der Waals surface area contributed by atoms with Crippen molar-refractivity contribution in [1.29, 1.82) is 0 Å². The second-order valence-electron chi connectivity index (χ2n) is 11.7. The highest BCUT2D eigenvalue weighted by Crippen LogP contribution is 2.45. The third-order valence-corrected chi connectivity index (χ3v) is 7.73. The molecule has 1 heterocycles. The SMILES string of the molecule is CC(C)(C)OC(=O)N1CCCC(C(=O)O)(N(CC2CC2)C(=O)OCC2c3ccccc3-c3ccccc32)C1. The van der Waals surface area contributed by atoms with Crippen molar-refractivity contribution < 1.29 is 29.0 Å². The van der Waals surface area contributed by atoms with Crippen LogP contribution in [0.3, 0.4) is 0 Å². The van der Waals surface area contributed by atoms with E-state index in [0.717, 1.165) is 35.1 Å². The number of benzene rings is 2. The number of piperidine rings is 1. The summed E-state index contributed by atoms with van der Waals surface area (Å²) in [6.07, 6.45) is 1.37. The summed E-state index contributed by atoms with van der Waals surface area (Å²) in [5.74, 6) is -1.01. The second-order valence-corrected chi connectivity index (χ2v) is 11.7. The summed E-state index contributed by atoms with van der Waals surface area (Å²) in [5, 5.41) is 10.5. The van der Waals surface area contributed by atoms with Crippen LogP contribution in [0.2, 0.25) is 0 Å². The van der Waals surface area contributed by atoms with Gasteiger partial charge >= 0.3 is 18.2 Å². The molecule has 2 aromatic rings. The number of aliphatic carboxylic acids is 1. The molecule has 2 aromatic carbocycles. The van der Waals surface area contributed by atoms with Crippen LogP contribution in [0.15, 0.2) is 48.5 Å². The van der Waals surface area contributed by atoms with Gasteiger partial charge in [-0.25, -0.2) is 14.4 Å². The first kappa shape index (κ1) is 26.1. The predicted octanol–water partition coefficient (Wildman–Crippen LogP) is 5.50. The van der Waals surface area contributed by atoms with Crippen molar-refractivity contribution >= 4 is 18.2 Å². The molecule has 1 unspecified atom stereocenters. The van der Waals surface area contributed by atoms with Crippen LogP contribution in [0.5, 0.6) is 0 Å². The van der Waals surface area contributed by atoms with Crippen LogP contribution in [0.4, 0.5) is 9.59 Å². The fraction of sp³-hybridized carbons (Fsp3) is 0.500. The fourth-order valence-corrected chi connectivity index (χ4v) is 5.68. The number of hydrogen-bond donors (Lipinski definition) is 1. The summed E-state index contributed by atoms with van der Waals surface area (Å²) >= 11 is 0. The molecule has 1 aliphatic heterocycles. The van der Waals surface area contributed by atoms with Crippen molar-refractivity contribution in [3.05, 3.63) is 59.7 Å². The van der Waals surface area contributed by atoms with Gasteiger partial charge < -0.3 is 19.5 Å². The van der Waals surface area contributed by atoms with Gasteiger partial charge in [-0.1, -0.05) is 48.5 Å². The summed E-state index contributed by atoms with van der Waals surface area (Å²) in [6, 6.07) is 16.2. The van der Waals surface area contributed by atoms with Gasteiger partial charge in [-0.2, -0.15) is 0 Å². The number of nitrogens with zero attached hydrogens (tertiary/aromatic N) is 2. The Bertz CT molecular complexity index is 1190. The number of carbonyl (C=O) groups is 3. The molecule has 2 fully saturated rings. The highest BCUT2D eigenvalue weighted by atomic mass is 16.6. The van der Waals surface area contributed by atoms with Crippen LogP contribution in [0.25, 0.3) is 11.1 Å². The first-order chi connectivity index (χ1) is 18.1. The molecule has 5 rings (SSSR count). The quantitative estimate of drug-likeness (QED) is 0.540. The van der Waals surface area contributed by atoms with E-state index in [1.165, 1.54) is 9.80 Å². The molecular formula is C30H36N2O6. The lowest BCUT2D eigenvalue weighted by Gasteiger charge is -2.46. The number of carboxylic acid groups (broad SMARTS) is 1. The molecule has 1 atom stereocenters. The van der Waals surface area contributed by atoms with Gasteiger partial charge in [-0.3, -0.25) is 4.90 Å². The predicted molar refractivity (Wildman–Crippen MR) is 142 cm³/mol. The van der Waals surface area contributed by atoms with Crippen LogP contribution in [0.1, 0.15) is 63.5 Å². The zero-order chi connectivity index (χ0) is 27.1. The molecule has 1 N–H and O–H groups in total. The summed E-state index contributed by atoms with van der Waals surface area (Å²) in [6.45, 7) is 5.98. The molecule has 8 heteroatoms. The maximum absolute atomic E-state index is 13.7. The Morgan fingerprint density at radius 1 is 1.03 bits per heavy atom. The van der Waals surface area contributed by atoms with Crippen molar-refractivity contribution in [3.63, 3.8) is 0 Å². The van der Waals surface area contributed by atoms with E-state index in [0.29, 0.717) is 19.5 Å². The van der Waals surface area contributed by atoms with E-state index >= 15 is 0 Å². The Morgan fingerprint density at radius 3 is 2.18 bits per heavy atom. The number of likely N-dealkylation sites (tertiary alicyclic amines) is 1. The van der Waals surface area contributed by atoms with Crippen molar-refractivity contribution in [2.24, 2.45) is 5.92 Å². The molecule has 1 saturated carbocycles. The van der Waals surface area contributed by atoms with E-state index in [-0.39, 0.29) is 31.4 Å². The second kappa shape index (κ2) is 9.97. The summed E-state index contributed by atoms with van der Waals surface area (Å²) in [4.78, 5) is 42.2. The minimum atomic E-state index is -1.57. The van der Waals surface area contributed by atoms with Crippen LogP contribution in [-0.4, -0.2) is 70.4 Å². The van der Waals surface area contributed by atoms with E-state index in [2.05, 4.69) is 12.1 Å². The first-order valence-corrected chi connectivity index (χ1v) is 13.4. The average Bonchev–Trinajstić information content (AvgIpc) is 3.65. The molecule has 202 valence electrons. The topological polar surface area (TPSA) is 96.4 Å². The zero-order valence-electron chi connectivity index (χ0n) is 22.3. The molecule has 0 bridgehead atoms. The lowest BCUT2D eigenvalue weighted by molar-refractivity contribution is -0.154. The Hall–Kier alpha value is -3.55. The molecule has 0 spiro atoms. The smallest absolute Gasteiger partial charge is 0.410 e.